The zero-order chi connectivity index (χ0) is 25.0. The van der Waals surface area contributed by atoms with Crippen LogP contribution in [-0.2, 0) is 25.8 Å². The van der Waals surface area contributed by atoms with Crippen LogP contribution in [0.2, 0.25) is 0 Å². The van der Waals surface area contributed by atoms with E-state index in [4.69, 9.17) is 5.73 Å². The molecule has 194 valence electrons. The van der Waals surface area contributed by atoms with Gasteiger partial charge in [-0.3, -0.25) is 9.59 Å². The number of nitrogens with two attached hydrogens (primary N) is 1. The summed E-state index contributed by atoms with van der Waals surface area (Å²) in [5.74, 6) is -0.712. The highest BCUT2D eigenvalue weighted by Gasteiger charge is 2.38. The molecule has 13 heteroatoms. The maximum Gasteiger partial charge on any atom is 0.416 e. The monoisotopic (exact) mass is 528 g/mol. The number of hydrogen-bond acceptors (Lipinski definition) is 5. The summed E-state index contributed by atoms with van der Waals surface area (Å²) in [4.78, 5) is 25.5. The maximum absolute atomic E-state index is 13.2. The number of nitrogens with one attached hydrogen (secondary N) is 1. The first kappa shape index (κ1) is 30.1. The third kappa shape index (κ3) is 7.56. The standard InChI is InChI=1S/C21H31F3N4O4S.ClH/c1-14(2)11-18(26-3)20(30)27-9-7-16(8-10-27)28(13-19(25)29)33(31,32)17-6-4-5-15(12-17)21(22,23)24;/h4-6,12,14,16,18,26H,7-11,13H2,1-3H3,(H2,25,29);1H. The quantitative estimate of drug-likeness (QED) is 0.510. The molecule has 1 saturated heterocycles. The van der Waals surface area contributed by atoms with Gasteiger partial charge in [-0.05, 0) is 50.4 Å². The Morgan fingerprint density at radius 2 is 1.82 bits per heavy atom. The third-order valence-corrected chi connectivity index (χ3v) is 7.51. The van der Waals surface area contributed by atoms with E-state index >= 15 is 0 Å². The van der Waals surface area contributed by atoms with Crippen LogP contribution >= 0.6 is 12.4 Å². The van der Waals surface area contributed by atoms with Crippen molar-refractivity contribution in [2.45, 2.75) is 56.3 Å². The highest BCUT2D eigenvalue weighted by Crippen LogP contribution is 2.32. The van der Waals surface area contributed by atoms with Crippen molar-refractivity contribution in [3.8, 4) is 0 Å². The van der Waals surface area contributed by atoms with Crippen molar-refractivity contribution in [3.05, 3.63) is 29.8 Å². The molecule has 1 aromatic rings. The molecule has 1 aliphatic heterocycles. The molecule has 2 amide bonds. The third-order valence-electron chi connectivity index (χ3n) is 5.62. The van der Waals surface area contributed by atoms with E-state index in [-0.39, 0.29) is 50.3 Å². The van der Waals surface area contributed by atoms with E-state index in [0.717, 1.165) is 22.5 Å². The lowest BCUT2D eigenvalue weighted by atomic mass is 10.00. The van der Waals surface area contributed by atoms with E-state index in [2.05, 4.69) is 5.32 Å². The van der Waals surface area contributed by atoms with Crippen LogP contribution in [0.15, 0.2) is 29.2 Å². The highest BCUT2D eigenvalue weighted by molar-refractivity contribution is 7.89. The van der Waals surface area contributed by atoms with Crippen LogP contribution in [-0.4, -0.2) is 68.2 Å². The summed E-state index contributed by atoms with van der Waals surface area (Å²) >= 11 is 0. The SMILES string of the molecule is CNC(CC(C)C)C(=O)N1CCC(N(CC(N)=O)S(=O)(=O)c2cccc(C(F)(F)F)c2)CC1.Cl. The Morgan fingerprint density at radius 3 is 2.29 bits per heavy atom. The summed E-state index contributed by atoms with van der Waals surface area (Å²) in [5.41, 5.74) is 4.15. The molecule has 3 N–H and O–H groups in total. The fraction of sp³-hybridized carbons (Fsp3) is 0.619. The Labute approximate surface area is 204 Å². The number of sulfonamides is 1. The molecule has 8 nitrogen and oxygen atoms in total. The molecular formula is C21H32ClF3N4O4S. The lowest BCUT2D eigenvalue weighted by Crippen LogP contribution is -2.53. The zero-order valence-corrected chi connectivity index (χ0v) is 21.0. The van der Waals surface area contributed by atoms with Gasteiger partial charge in [0.1, 0.15) is 0 Å². The molecule has 34 heavy (non-hydrogen) atoms. The van der Waals surface area contributed by atoms with Crippen molar-refractivity contribution in [2.24, 2.45) is 11.7 Å². The van der Waals surface area contributed by atoms with Crippen LogP contribution < -0.4 is 11.1 Å². The fourth-order valence-corrected chi connectivity index (χ4v) is 5.64. The minimum atomic E-state index is -4.72. The number of likely N-dealkylation sites (tertiary alicyclic amines) is 1. The summed E-state index contributed by atoms with van der Waals surface area (Å²) in [7, 11) is -2.73. The summed E-state index contributed by atoms with van der Waals surface area (Å²) in [6.07, 6.45) is -3.61. The largest absolute Gasteiger partial charge is 0.416 e. The molecule has 0 aliphatic carbocycles. The Bertz CT molecular complexity index is 952. The van der Waals surface area contributed by atoms with Gasteiger partial charge in [0.2, 0.25) is 21.8 Å². The summed E-state index contributed by atoms with van der Waals surface area (Å²) in [6.45, 7) is 3.86. The number of amides is 2. The second-order valence-corrected chi connectivity index (χ2v) is 10.5. The number of nitrogens with zero attached hydrogens (tertiary/aromatic N) is 2. The van der Waals surface area contributed by atoms with Crippen LogP contribution in [0.5, 0.6) is 0 Å². The van der Waals surface area contributed by atoms with Crippen molar-refractivity contribution in [2.75, 3.05) is 26.7 Å². The summed E-state index contributed by atoms with van der Waals surface area (Å²) in [5, 5.41) is 3.00. The number of halogens is 4. The first-order valence-electron chi connectivity index (χ1n) is 10.7. The van der Waals surface area contributed by atoms with Gasteiger partial charge >= 0.3 is 6.18 Å². The first-order chi connectivity index (χ1) is 15.3. The topological polar surface area (TPSA) is 113 Å². The Balaban J connectivity index is 0.00000578. The highest BCUT2D eigenvalue weighted by atomic mass is 35.5. The second kappa shape index (κ2) is 12.2. The van der Waals surface area contributed by atoms with Crippen molar-refractivity contribution >= 4 is 34.2 Å². The van der Waals surface area contributed by atoms with Gasteiger partial charge in [0.15, 0.2) is 0 Å². The van der Waals surface area contributed by atoms with Gasteiger partial charge in [0, 0.05) is 19.1 Å². The molecule has 0 aromatic heterocycles. The first-order valence-corrected chi connectivity index (χ1v) is 12.1. The van der Waals surface area contributed by atoms with Gasteiger partial charge in [-0.1, -0.05) is 19.9 Å². The van der Waals surface area contributed by atoms with Gasteiger partial charge in [0.05, 0.1) is 23.0 Å². The molecule has 2 rings (SSSR count). The lowest BCUT2D eigenvalue weighted by molar-refractivity contribution is -0.137. The minimum Gasteiger partial charge on any atom is -0.369 e. The molecule has 1 aliphatic rings. The number of primary amides is 1. The number of benzene rings is 1. The van der Waals surface area contributed by atoms with E-state index in [9.17, 15) is 31.2 Å². The normalized spacial score (nSPS) is 16.4. The zero-order valence-electron chi connectivity index (χ0n) is 19.3. The van der Waals surface area contributed by atoms with Crippen molar-refractivity contribution < 1.29 is 31.2 Å². The predicted molar refractivity (Wildman–Crippen MR) is 124 cm³/mol. The van der Waals surface area contributed by atoms with Gasteiger partial charge in [-0.2, -0.15) is 17.5 Å². The van der Waals surface area contributed by atoms with Crippen LogP contribution in [0.25, 0.3) is 0 Å². The Morgan fingerprint density at radius 1 is 1.24 bits per heavy atom. The smallest absolute Gasteiger partial charge is 0.369 e. The molecule has 1 fully saturated rings. The molecule has 0 bridgehead atoms. The average molecular weight is 529 g/mol. The molecule has 0 spiro atoms. The average Bonchev–Trinajstić information content (AvgIpc) is 2.74. The number of carbonyl (C=O) groups excluding carboxylic acids is 2. The van der Waals surface area contributed by atoms with Gasteiger partial charge in [-0.15, -0.1) is 12.4 Å². The summed E-state index contributed by atoms with van der Waals surface area (Å²) < 4.78 is 66.5. The Hall–Kier alpha value is -1.89. The summed E-state index contributed by atoms with van der Waals surface area (Å²) in [6, 6.07) is 2.34. The number of carbonyl (C=O) groups is 2. The van der Waals surface area contributed by atoms with Crippen molar-refractivity contribution in [1.82, 2.24) is 14.5 Å². The molecule has 1 unspecified atom stereocenters. The Kier molecular flexibility index (Phi) is 10.8. The van der Waals surface area contributed by atoms with Crippen molar-refractivity contribution in [3.63, 3.8) is 0 Å². The van der Waals surface area contributed by atoms with Gasteiger partial charge < -0.3 is 16.0 Å². The van der Waals surface area contributed by atoms with Crippen LogP contribution in [0.4, 0.5) is 13.2 Å². The number of alkyl halides is 3. The molecule has 1 heterocycles. The number of piperidine rings is 1. The minimum absolute atomic E-state index is 0. The van der Waals surface area contributed by atoms with Gasteiger partial charge in [-0.25, -0.2) is 8.42 Å². The van der Waals surface area contributed by atoms with Crippen LogP contribution in [0.3, 0.4) is 0 Å². The van der Waals surface area contributed by atoms with Crippen LogP contribution in [0.1, 0.15) is 38.7 Å². The second-order valence-electron chi connectivity index (χ2n) is 8.57. The molecule has 0 saturated carbocycles. The van der Waals surface area contributed by atoms with E-state index in [1.54, 1.807) is 11.9 Å². The number of likely N-dealkylation sites (N-methyl/N-ethyl adjacent to an activating group) is 1. The molecule has 1 aromatic carbocycles. The predicted octanol–water partition coefficient (Wildman–Crippen LogP) is 2.23. The van der Waals surface area contributed by atoms with Crippen LogP contribution in [0, 0.1) is 5.92 Å². The molecule has 1 atom stereocenters. The number of rotatable bonds is 9. The van der Waals surface area contributed by atoms with E-state index in [0.29, 0.717) is 18.4 Å². The lowest BCUT2D eigenvalue weighted by Gasteiger charge is -2.38. The molecule has 0 radical (unpaired) electrons. The fourth-order valence-electron chi connectivity index (χ4n) is 3.94. The van der Waals surface area contributed by atoms with E-state index < -0.39 is 45.2 Å². The van der Waals surface area contributed by atoms with E-state index in [1.165, 1.54) is 0 Å². The maximum atomic E-state index is 13.2. The number of hydrogen-bond donors (Lipinski definition) is 2. The van der Waals surface area contributed by atoms with Gasteiger partial charge in [0.25, 0.3) is 0 Å². The van der Waals surface area contributed by atoms with Crippen molar-refractivity contribution in [1.29, 1.82) is 0 Å². The molecular weight excluding hydrogens is 497 g/mol. The van der Waals surface area contributed by atoms with E-state index in [1.807, 2.05) is 13.8 Å².